The van der Waals surface area contributed by atoms with Gasteiger partial charge in [-0.25, -0.2) is 0 Å². The SMILES string of the molecule is COc1ccc([C@@H](C)NC(=O)c2ccc(-c3ccccc3)cc2)cc1. The number of hydrogen-bond donors (Lipinski definition) is 1. The smallest absolute Gasteiger partial charge is 0.251 e. The third-order valence-corrected chi connectivity index (χ3v) is 4.22. The topological polar surface area (TPSA) is 38.3 Å². The molecule has 0 radical (unpaired) electrons. The minimum atomic E-state index is -0.0806. The van der Waals surface area contributed by atoms with Crippen LogP contribution in [0.1, 0.15) is 28.9 Å². The molecule has 3 nitrogen and oxygen atoms in total. The van der Waals surface area contributed by atoms with E-state index in [0.717, 1.165) is 22.4 Å². The molecule has 0 aliphatic heterocycles. The molecule has 0 spiro atoms. The van der Waals surface area contributed by atoms with E-state index in [1.165, 1.54) is 0 Å². The molecule has 1 amide bonds. The van der Waals surface area contributed by atoms with Crippen LogP contribution >= 0.6 is 0 Å². The number of hydrogen-bond acceptors (Lipinski definition) is 2. The molecule has 0 bridgehead atoms. The van der Waals surface area contributed by atoms with Gasteiger partial charge in [-0.1, -0.05) is 54.6 Å². The number of methoxy groups -OCH3 is 1. The minimum Gasteiger partial charge on any atom is -0.497 e. The van der Waals surface area contributed by atoms with Crippen molar-refractivity contribution in [1.29, 1.82) is 0 Å². The second kappa shape index (κ2) is 7.67. The lowest BCUT2D eigenvalue weighted by Crippen LogP contribution is -2.26. The largest absolute Gasteiger partial charge is 0.497 e. The fourth-order valence-corrected chi connectivity index (χ4v) is 2.70. The molecule has 0 heterocycles. The van der Waals surface area contributed by atoms with Crippen LogP contribution in [0.3, 0.4) is 0 Å². The van der Waals surface area contributed by atoms with Gasteiger partial charge in [-0.2, -0.15) is 0 Å². The molecule has 25 heavy (non-hydrogen) atoms. The highest BCUT2D eigenvalue weighted by Crippen LogP contribution is 2.20. The van der Waals surface area contributed by atoms with Gasteiger partial charge < -0.3 is 10.1 Å². The first-order valence-corrected chi connectivity index (χ1v) is 8.27. The van der Waals surface area contributed by atoms with Crippen LogP contribution in [0.2, 0.25) is 0 Å². The van der Waals surface area contributed by atoms with Crippen LogP contribution in [-0.2, 0) is 0 Å². The Morgan fingerprint density at radius 2 is 1.44 bits per heavy atom. The standard InChI is InChI=1S/C22H21NO2/c1-16(17-12-14-21(25-2)15-13-17)23-22(24)20-10-8-19(9-11-20)18-6-4-3-5-7-18/h3-16H,1-2H3,(H,23,24)/t16-/m1/s1. The van der Waals surface area contributed by atoms with E-state index < -0.39 is 0 Å². The second-order valence-corrected chi connectivity index (χ2v) is 5.91. The van der Waals surface area contributed by atoms with E-state index in [4.69, 9.17) is 4.74 Å². The Balaban J connectivity index is 1.68. The predicted octanol–water partition coefficient (Wildman–Crippen LogP) is 4.85. The zero-order valence-electron chi connectivity index (χ0n) is 14.4. The van der Waals surface area contributed by atoms with Crippen LogP contribution in [0.5, 0.6) is 5.75 Å². The molecule has 0 aliphatic rings. The highest BCUT2D eigenvalue weighted by atomic mass is 16.5. The molecule has 3 heteroatoms. The molecule has 0 aliphatic carbocycles. The highest BCUT2D eigenvalue weighted by Gasteiger charge is 2.11. The Morgan fingerprint density at radius 1 is 0.840 bits per heavy atom. The van der Waals surface area contributed by atoms with Gasteiger partial charge in [0.25, 0.3) is 5.91 Å². The summed E-state index contributed by atoms with van der Waals surface area (Å²) in [6, 6.07) is 25.4. The summed E-state index contributed by atoms with van der Waals surface area (Å²) in [7, 11) is 1.64. The molecule has 3 aromatic carbocycles. The maximum Gasteiger partial charge on any atom is 0.251 e. The van der Waals surface area contributed by atoms with Crippen LogP contribution in [-0.4, -0.2) is 13.0 Å². The number of carbonyl (C=O) groups excluding carboxylic acids is 1. The summed E-state index contributed by atoms with van der Waals surface area (Å²) >= 11 is 0. The molecule has 1 N–H and O–H groups in total. The Hall–Kier alpha value is -3.07. The summed E-state index contributed by atoms with van der Waals surface area (Å²) in [5, 5.41) is 3.03. The van der Waals surface area contributed by atoms with Crippen molar-refractivity contribution in [1.82, 2.24) is 5.32 Å². The van der Waals surface area contributed by atoms with Gasteiger partial charge >= 0.3 is 0 Å². The van der Waals surface area contributed by atoms with Gasteiger partial charge in [0.2, 0.25) is 0 Å². The average Bonchev–Trinajstić information content (AvgIpc) is 2.68. The predicted molar refractivity (Wildman–Crippen MR) is 101 cm³/mol. The molecule has 0 saturated carbocycles. The van der Waals surface area contributed by atoms with Crippen molar-refractivity contribution < 1.29 is 9.53 Å². The van der Waals surface area contributed by atoms with Crippen LogP contribution in [0.25, 0.3) is 11.1 Å². The third-order valence-electron chi connectivity index (χ3n) is 4.22. The Bertz CT molecular complexity index is 824. The molecule has 3 rings (SSSR count). The van der Waals surface area contributed by atoms with E-state index in [1.54, 1.807) is 7.11 Å². The number of rotatable bonds is 5. The van der Waals surface area contributed by atoms with Crippen molar-refractivity contribution >= 4 is 5.91 Å². The van der Waals surface area contributed by atoms with Crippen LogP contribution < -0.4 is 10.1 Å². The first kappa shape index (κ1) is 16.8. The van der Waals surface area contributed by atoms with Gasteiger partial charge in [0.1, 0.15) is 5.75 Å². The van der Waals surface area contributed by atoms with Crippen LogP contribution in [0.15, 0.2) is 78.9 Å². The van der Waals surface area contributed by atoms with E-state index in [0.29, 0.717) is 5.56 Å². The summed E-state index contributed by atoms with van der Waals surface area (Å²) in [6.07, 6.45) is 0. The maximum atomic E-state index is 12.5. The van der Waals surface area contributed by atoms with Crippen LogP contribution in [0.4, 0.5) is 0 Å². The zero-order valence-corrected chi connectivity index (χ0v) is 14.4. The number of carbonyl (C=O) groups is 1. The average molecular weight is 331 g/mol. The van der Waals surface area contributed by atoms with E-state index >= 15 is 0 Å². The van der Waals surface area contributed by atoms with Crippen molar-refractivity contribution in [3.63, 3.8) is 0 Å². The van der Waals surface area contributed by atoms with Crippen molar-refractivity contribution in [2.24, 2.45) is 0 Å². The highest BCUT2D eigenvalue weighted by molar-refractivity contribution is 5.94. The molecular formula is C22H21NO2. The maximum absolute atomic E-state index is 12.5. The van der Waals surface area contributed by atoms with Gasteiger partial charge in [0.15, 0.2) is 0 Å². The number of nitrogens with one attached hydrogen (secondary N) is 1. The molecule has 0 unspecified atom stereocenters. The van der Waals surface area contributed by atoms with E-state index in [2.05, 4.69) is 17.4 Å². The lowest BCUT2D eigenvalue weighted by molar-refractivity contribution is 0.0940. The molecule has 126 valence electrons. The first-order chi connectivity index (χ1) is 12.2. The number of benzene rings is 3. The quantitative estimate of drug-likeness (QED) is 0.725. The van der Waals surface area contributed by atoms with Crippen molar-refractivity contribution in [3.05, 3.63) is 90.0 Å². The van der Waals surface area contributed by atoms with Crippen molar-refractivity contribution in [2.45, 2.75) is 13.0 Å². The van der Waals surface area contributed by atoms with Gasteiger partial charge in [-0.15, -0.1) is 0 Å². The van der Waals surface area contributed by atoms with Crippen molar-refractivity contribution in [3.8, 4) is 16.9 Å². The monoisotopic (exact) mass is 331 g/mol. The lowest BCUT2D eigenvalue weighted by atomic mass is 10.0. The summed E-state index contributed by atoms with van der Waals surface area (Å²) in [5.74, 6) is 0.724. The molecule has 0 fully saturated rings. The van der Waals surface area contributed by atoms with Crippen molar-refractivity contribution in [2.75, 3.05) is 7.11 Å². The molecule has 3 aromatic rings. The van der Waals surface area contributed by atoms with Gasteiger partial charge in [-0.05, 0) is 47.9 Å². The lowest BCUT2D eigenvalue weighted by Gasteiger charge is -2.15. The fourth-order valence-electron chi connectivity index (χ4n) is 2.70. The normalized spacial score (nSPS) is 11.6. The number of ether oxygens (including phenoxy) is 1. The van der Waals surface area contributed by atoms with E-state index in [1.807, 2.05) is 73.7 Å². The summed E-state index contributed by atoms with van der Waals surface area (Å²) in [4.78, 5) is 12.5. The van der Waals surface area contributed by atoms with E-state index in [9.17, 15) is 4.79 Å². The zero-order chi connectivity index (χ0) is 17.6. The Kier molecular flexibility index (Phi) is 5.14. The van der Waals surface area contributed by atoms with Gasteiger partial charge in [0, 0.05) is 5.56 Å². The minimum absolute atomic E-state index is 0.0767. The second-order valence-electron chi connectivity index (χ2n) is 5.91. The fraction of sp³-hybridized carbons (Fsp3) is 0.136. The Morgan fingerprint density at radius 3 is 2.04 bits per heavy atom. The summed E-state index contributed by atoms with van der Waals surface area (Å²) in [6.45, 7) is 1.97. The third kappa shape index (κ3) is 4.07. The molecule has 0 saturated heterocycles. The number of amides is 1. The summed E-state index contributed by atoms with van der Waals surface area (Å²) < 4.78 is 5.16. The molecule has 0 aromatic heterocycles. The molecule has 1 atom stereocenters. The van der Waals surface area contributed by atoms with E-state index in [-0.39, 0.29) is 11.9 Å². The molecular weight excluding hydrogens is 310 g/mol. The van der Waals surface area contributed by atoms with Crippen LogP contribution in [0, 0.1) is 0 Å². The summed E-state index contributed by atoms with van der Waals surface area (Å²) in [5.41, 5.74) is 3.93. The van der Waals surface area contributed by atoms with Gasteiger partial charge in [-0.3, -0.25) is 4.79 Å². The van der Waals surface area contributed by atoms with Gasteiger partial charge in [0.05, 0.1) is 13.2 Å². The first-order valence-electron chi connectivity index (χ1n) is 8.27. The Labute approximate surface area is 148 Å².